The van der Waals surface area contributed by atoms with Gasteiger partial charge in [-0.3, -0.25) is 9.59 Å². The molecule has 0 bridgehead atoms. The predicted molar refractivity (Wildman–Crippen MR) is 108 cm³/mol. The third-order valence-electron chi connectivity index (χ3n) is 4.46. The minimum Gasteiger partial charge on any atom is -0.491 e. The van der Waals surface area contributed by atoms with Crippen LogP contribution in [0, 0.1) is 5.82 Å². The summed E-state index contributed by atoms with van der Waals surface area (Å²) in [5, 5.41) is 9.31. The summed E-state index contributed by atoms with van der Waals surface area (Å²) >= 11 is 0. The van der Waals surface area contributed by atoms with Crippen molar-refractivity contribution in [2.45, 2.75) is 20.0 Å². The average molecular weight is 398 g/mol. The average Bonchev–Trinajstić information content (AvgIpc) is 2.92. The highest BCUT2D eigenvalue weighted by Gasteiger charge is 2.41. The first-order valence-corrected chi connectivity index (χ1v) is 9.31. The van der Waals surface area contributed by atoms with Crippen molar-refractivity contribution < 1.29 is 23.8 Å². The molecule has 29 heavy (non-hydrogen) atoms. The van der Waals surface area contributed by atoms with E-state index in [0.717, 1.165) is 11.0 Å². The van der Waals surface area contributed by atoms with Crippen LogP contribution in [0.3, 0.4) is 0 Å². The molecule has 0 atom stereocenters. The van der Waals surface area contributed by atoms with Crippen LogP contribution in [-0.4, -0.2) is 48.1 Å². The van der Waals surface area contributed by atoms with E-state index in [1.165, 1.54) is 23.1 Å². The fraction of sp³-hybridized carbons (Fsp3) is 0.273. The molecule has 0 saturated heterocycles. The van der Waals surface area contributed by atoms with Crippen LogP contribution in [0.1, 0.15) is 19.4 Å². The lowest BCUT2D eigenvalue weighted by molar-refractivity contribution is -0.120. The fourth-order valence-electron chi connectivity index (χ4n) is 3.22. The Balaban J connectivity index is 2.06. The van der Waals surface area contributed by atoms with Crippen LogP contribution < -0.4 is 9.64 Å². The van der Waals surface area contributed by atoms with E-state index in [-0.39, 0.29) is 36.2 Å². The number of hydrogen-bond donors (Lipinski definition) is 1. The molecule has 1 aliphatic rings. The number of amides is 2. The van der Waals surface area contributed by atoms with Gasteiger partial charge in [-0.05, 0) is 49.7 Å². The summed E-state index contributed by atoms with van der Waals surface area (Å²) < 4.78 is 19.3. The number of ether oxygens (including phenoxy) is 1. The van der Waals surface area contributed by atoms with Gasteiger partial charge in [0.15, 0.2) is 0 Å². The van der Waals surface area contributed by atoms with Crippen LogP contribution in [0.4, 0.5) is 10.1 Å². The Bertz CT molecular complexity index is 954. The molecule has 6 nitrogen and oxygen atoms in total. The molecule has 0 radical (unpaired) electrons. The number of carbonyl (C=O) groups is 2. The van der Waals surface area contributed by atoms with Crippen molar-refractivity contribution in [2.75, 3.05) is 25.1 Å². The van der Waals surface area contributed by atoms with Gasteiger partial charge in [-0.15, -0.1) is 0 Å². The molecule has 3 rings (SSSR count). The number of rotatable bonds is 7. The molecule has 0 aliphatic carbocycles. The number of aliphatic hydroxyl groups is 1. The lowest BCUT2D eigenvalue weighted by Crippen LogP contribution is -2.34. The zero-order valence-electron chi connectivity index (χ0n) is 16.6. The van der Waals surface area contributed by atoms with Crippen molar-refractivity contribution in [1.82, 2.24) is 4.90 Å². The van der Waals surface area contributed by atoms with Crippen LogP contribution in [0.15, 0.2) is 54.2 Å². The summed E-state index contributed by atoms with van der Waals surface area (Å²) in [5.41, 5.74) is 1.06. The SMILES string of the molecule is CC(C)Oc1ccc(C2=C(N(C)CCO)C(=O)N(c3cccc(F)c3)C2=O)cc1. The largest absolute Gasteiger partial charge is 0.491 e. The maximum absolute atomic E-state index is 13.7. The van der Waals surface area contributed by atoms with Gasteiger partial charge in [0.1, 0.15) is 17.3 Å². The molecule has 2 aromatic carbocycles. The van der Waals surface area contributed by atoms with Crippen molar-refractivity contribution >= 4 is 23.1 Å². The van der Waals surface area contributed by atoms with Crippen LogP contribution in [0.5, 0.6) is 5.75 Å². The van der Waals surface area contributed by atoms with E-state index in [9.17, 15) is 19.1 Å². The van der Waals surface area contributed by atoms with E-state index < -0.39 is 17.6 Å². The van der Waals surface area contributed by atoms with Crippen LogP contribution in [0.2, 0.25) is 0 Å². The minimum atomic E-state index is -0.561. The number of likely N-dealkylation sites (N-methyl/N-ethyl adjacent to an activating group) is 1. The zero-order valence-corrected chi connectivity index (χ0v) is 16.6. The van der Waals surface area contributed by atoms with Gasteiger partial charge in [-0.1, -0.05) is 18.2 Å². The second kappa shape index (κ2) is 8.45. The Labute approximate surface area is 168 Å². The number of imide groups is 1. The quantitative estimate of drug-likeness (QED) is 0.727. The summed E-state index contributed by atoms with van der Waals surface area (Å²) in [6.07, 6.45) is 0.00414. The first-order valence-electron chi connectivity index (χ1n) is 9.31. The highest BCUT2D eigenvalue weighted by atomic mass is 19.1. The van der Waals surface area contributed by atoms with Crippen LogP contribution >= 0.6 is 0 Å². The van der Waals surface area contributed by atoms with Crippen molar-refractivity contribution in [1.29, 1.82) is 0 Å². The Kier molecular flexibility index (Phi) is 5.98. The molecule has 2 aromatic rings. The normalized spacial score (nSPS) is 14.2. The number of halogens is 1. The highest BCUT2D eigenvalue weighted by molar-refractivity contribution is 6.45. The molecule has 0 fully saturated rings. The van der Waals surface area contributed by atoms with E-state index in [0.29, 0.717) is 11.3 Å². The summed E-state index contributed by atoms with van der Waals surface area (Å²) in [4.78, 5) is 28.8. The van der Waals surface area contributed by atoms with Crippen molar-refractivity contribution in [3.63, 3.8) is 0 Å². The van der Waals surface area contributed by atoms with Crippen molar-refractivity contribution in [2.24, 2.45) is 0 Å². The van der Waals surface area contributed by atoms with E-state index >= 15 is 0 Å². The minimum absolute atomic E-state index is 0.00414. The van der Waals surface area contributed by atoms with E-state index in [1.807, 2.05) is 13.8 Å². The number of nitrogens with zero attached hydrogens (tertiary/aromatic N) is 2. The summed E-state index contributed by atoms with van der Waals surface area (Å²) in [6.45, 7) is 3.81. The van der Waals surface area contributed by atoms with Gasteiger partial charge in [-0.25, -0.2) is 9.29 Å². The summed E-state index contributed by atoms with van der Waals surface area (Å²) in [7, 11) is 1.63. The number of anilines is 1. The van der Waals surface area contributed by atoms with Gasteiger partial charge in [0.2, 0.25) is 0 Å². The smallest absolute Gasteiger partial charge is 0.282 e. The Hall–Kier alpha value is -3.19. The van der Waals surface area contributed by atoms with Gasteiger partial charge < -0.3 is 14.7 Å². The first-order chi connectivity index (χ1) is 13.8. The molecule has 2 amide bonds. The third kappa shape index (κ3) is 4.14. The standard InChI is InChI=1S/C22H23FN2O4/c1-14(2)29-18-9-7-15(8-10-18)19-20(24(3)11-12-26)22(28)25(21(19)27)17-6-4-5-16(23)13-17/h4-10,13-14,26H,11-12H2,1-3H3. The second-order valence-electron chi connectivity index (χ2n) is 6.99. The summed E-state index contributed by atoms with van der Waals surface area (Å²) in [6, 6.07) is 12.2. The maximum Gasteiger partial charge on any atom is 0.282 e. The number of benzene rings is 2. The lowest BCUT2D eigenvalue weighted by Gasteiger charge is -2.20. The topological polar surface area (TPSA) is 70.1 Å². The van der Waals surface area contributed by atoms with E-state index in [1.54, 1.807) is 31.3 Å². The Morgan fingerprint density at radius 2 is 1.79 bits per heavy atom. The molecule has 0 saturated carbocycles. The number of hydrogen-bond acceptors (Lipinski definition) is 5. The van der Waals surface area contributed by atoms with Crippen LogP contribution in [-0.2, 0) is 9.59 Å². The Morgan fingerprint density at radius 3 is 2.38 bits per heavy atom. The molecule has 1 aliphatic heterocycles. The monoisotopic (exact) mass is 398 g/mol. The van der Waals surface area contributed by atoms with Crippen LogP contribution in [0.25, 0.3) is 5.57 Å². The Morgan fingerprint density at radius 1 is 1.10 bits per heavy atom. The van der Waals surface area contributed by atoms with Gasteiger partial charge >= 0.3 is 0 Å². The molecule has 0 aromatic heterocycles. The number of aliphatic hydroxyl groups excluding tert-OH is 1. The third-order valence-corrected chi connectivity index (χ3v) is 4.46. The fourth-order valence-corrected chi connectivity index (χ4v) is 3.22. The van der Waals surface area contributed by atoms with Gasteiger partial charge in [-0.2, -0.15) is 0 Å². The molecule has 0 spiro atoms. The predicted octanol–water partition coefficient (Wildman–Crippen LogP) is 2.82. The molecule has 7 heteroatoms. The molecular formula is C22H23FN2O4. The molecule has 152 valence electrons. The van der Waals surface area contributed by atoms with Gasteiger partial charge in [0.05, 0.1) is 24.0 Å². The first kappa shape index (κ1) is 20.5. The molecular weight excluding hydrogens is 375 g/mol. The number of carbonyl (C=O) groups excluding carboxylic acids is 2. The summed E-state index contributed by atoms with van der Waals surface area (Å²) in [5.74, 6) is -1.00. The van der Waals surface area contributed by atoms with Crippen molar-refractivity contribution in [3.05, 3.63) is 65.6 Å². The second-order valence-corrected chi connectivity index (χ2v) is 6.99. The molecule has 0 unspecified atom stereocenters. The lowest BCUT2D eigenvalue weighted by atomic mass is 10.0. The molecule has 1 heterocycles. The van der Waals surface area contributed by atoms with Gasteiger partial charge in [0.25, 0.3) is 11.8 Å². The van der Waals surface area contributed by atoms with Crippen molar-refractivity contribution in [3.8, 4) is 5.75 Å². The molecule has 1 N–H and O–H groups in total. The zero-order chi connectivity index (χ0) is 21.1. The highest BCUT2D eigenvalue weighted by Crippen LogP contribution is 2.35. The van der Waals surface area contributed by atoms with Gasteiger partial charge in [0, 0.05) is 13.6 Å². The maximum atomic E-state index is 13.7. The van der Waals surface area contributed by atoms with E-state index in [4.69, 9.17) is 4.74 Å². The van der Waals surface area contributed by atoms with E-state index in [2.05, 4.69) is 0 Å².